The van der Waals surface area contributed by atoms with E-state index in [1.807, 2.05) is 19.1 Å². The molecule has 0 radical (unpaired) electrons. The van der Waals surface area contributed by atoms with Crippen LogP contribution >= 0.6 is 15.9 Å². The fourth-order valence-corrected chi connectivity index (χ4v) is 2.80. The van der Waals surface area contributed by atoms with Crippen molar-refractivity contribution in [3.8, 4) is 17.2 Å². The molecule has 2 rings (SSSR count). The Balaban J connectivity index is 2.14. The fourth-order valence-electron chi connectivity index (χ4n) is 2.25. The Hall–Kier alpha value is -2.25. The highest BCUT2D eigenvalue weighted by Crippen LogP contribution is 2.36. The van der Waals surface area contributed by atoms with Crippen LogP contribution in [-0.2, 0) is 4.74 Å². The second kappa shape index (κ2) is 10.0. The highest BCUT2D eigenvalue weighted by Gasteiger charge is 2.15. The molecule has 1 amide bonds. The minimum atomic E-state index is -0.263. The summed E-state index contributed by atoms with van der Waals surface area (Å²) in [6.45, 7) is 3.32. The van der Waals surface area contributed by atoms with Crippen LogP contribution in [0.15, 0.2) is 40.9 Å². The van der Waals surface area contributed by atoms with Crippen LogP contribution in [0.1, 0.15) is 17.3 Å². The number of hydrogen-bond acceptors (Lipinski definition) is 5. The van der Waals surface area contributed by atoms with Crippen LogP contribution in [0.3, 0.4) is 0 Å². The molecule has 0 aliphatic heterocycles. The van der Waals surface area contributed by atoms with E-state index in [0.29, 0.717) is 52.8 Å². The molecule has 0 saturated carbocycles. The summed E-state index contributed by atoms with van der Waals surface area (Å²) < 4.78 is 22.0. The molecule has 0 atom stereocenters. The third-order valence-corrected chi connectivity index (χ3v) is 4.02. The van der Waals surface area contributed by atoms with Crippen LogP contribution < -0.4 is 19.5 Å². The Labute approximate surface area is 161 Å². The van der Waals surface area contributed by atoms with E-state index in [0.717, 1.165) is 0 Å². The van der Waals surface area contributed by atoms with Crippen LogP contribution in [0.5, 0.6) is 17.2 Å². The standard InChI is InChI=1S/C19H22BrNO5/c1-4-25-18-16(20)10-13(11-17(18)24-3)19(22)21-14-6-5-7-15(12-14)26-9-8-23-2/h5-7,10-12H,4,8-9H2,1-3H3,(H,21,22). The Bertz CT molecular complexity index is 751. The molecular formula is C19H22BrNO5. The monoisotopic (exact) mass is 423 g/mol. The minimum absolute atomic E-state index is 0.263. The number of nitrogens with one attached hydrogen (secondary N) is 1. The van der Waals surface area contributed by atoms with E-state index in [4.69, 9.17) is 18.9 Å². The number of amides is 1. The van der Waals surface area contributed by atoms with Gasteiger partial charge in [0.05, 0.1) is 24.8 Å². The van der Waals surface area contributed by atoms with E-state index in [-0.39, 0.29) is 5.91 Å². The Morgan fingerprint density at radius 1 is 1.12 bits per heavy atom. The third kappa shape index (κ3) is 5.37. The van der Waals surface area contributed by atoms with Gasteiger partial charge in [-0.25, -0.2) is 0 Å². The first kappa shape index (κ1) is 20.1. The zero-order valence-electron chi connectivity index (χ0n) is 15.0. The molecule has 0 unspecified atom stereocenters. The van der Waals surface area contributed by atoms with Gasteiger partial charge in [0.1, 0.15) is 12.4 Å². The number of hydrogen-bond donors (Lipinski definition) is 1. The highest BCUT2D eigenvalue weighted by atomic mass is 79.9. The normalized spacial score (nSPS) is 10.3. The Morgan fingerprint density at radius 3 is 2.62 bits per heavy atom. The summed E-state index contributed by atoms with van der Waals surface area (Å²) in [7, 11) is 3.15. The lowest BCUT2D eigenvalue weighted by Gasteiger charge is -2.14. The number of benzene rings is 2. The summed E-state index contributed by atoms with van der Waals surface area (Å²) in [4.78, 5) is 12.6. The van der Waals surface area contributed by atoms with E-state index in [9.17, 15) is 4.79 Å². The van der Waals surface area contributed by atoms with Crippen molar-refractivity contribution in [3.63, 3.8) is 0 Å². The lowest BCUT2D eigenvalue weighted by atomic mass is 10.1. The smallest absolute Gasteiger partial charge is 0.255 e. The quantitative estimate of drug-likeness (QED) is 0.614. The highest BCUT2D eigenvalue weighted by molar-refractivity contribution is 9.10. The van der Waals surface area contributed by atoms with Crippen LogP contribution in [0.25, 0.3) is 0 Å². The number of carbonyl (C=O) groups excluding carboxylic acids is 1. The SMILES string of the molecule is CCOc1c(Br)cc(C(=O)Nc2cccc(OCCOC)c2)cc1OC. The van der Waals surface area contributed by atoms with Crippen LogP contribution in [0.4, 0.5) is 5.69 Å². The number of anilines is 1. The predicted octanol–water partition coefficient (Wildman–Crippen LogP) is 4.13. The van der Waals surface area contributed by atoms with Crippen molar-refractivity contribution >= 4 is 27.5 Å². The number of methoxy groups -OCH3 is 2. The number of halogens is 1. The largest absolute Gasteiger partial charge is 0.493 e. The molecule has 6 nitrogen and oxygen atoms in total. The number of ether oxygens (including phenoxy) is 4. The zero-order valence-corrected chi connectivity index (χ0v) is 16.6. The number of rotatable bonds is 9. The third-order valence-electron chi connectivity index (χ3n) is 3.43. The topological polar surface area (TPSA) is 66.0 Å². The molecule has 0 bridgehead atoms. The van der Waals surface area contributed by atoms with Crippen LogP contribution in [-0.4, -0.2) is 39.9 Å². The van der Waals surface area contributed by atoms with Crippen molar-refractivity contribution in [1.82, 2.24) is 0 Å². The van der Waals surface area contributed by atoms with Gasteiger partial charge in [0, 0.05) is 24.4 Å². The summed E-state index contributed by atoms with van der Waals surface area (Å²) in [5, 5.41) is 2.85. The molecule has 0 aliphatic rings. The van der Waals surface area contributed by atoms with Crippen molar-refractivity contribution in [3.05, 3.63) is 46.4 Å². The maximum absolute atomic E-state index is 12.6. The first-order valence-electron chi connectivity index (χ1n) is 8.12. The van der Waals surface area contributed by atoms with Crippen molar-refractivity contribution in [2.24, 2.45) is 0 Å². The van der Waals surface area contributed by atoms with Crippen LogP contribution in [0.2, 0.25) is 0 Å². The van der Waals surface area contributed by atoms with E-state index in [2.05, 4.69) is 21.2 Å². The molecule has 0 spiro atoms. The Kier molecular flexibility index (Phi) is 7.74. The molecule has 0 fully saturated rings. The summed E-state index contributed by atoms with van der Waals surface area (Å²) in [6.07, 6.45) is 0. The van der Waals surface area contributed by atoms with Crippen molar-refractivity contribution in [2.45, 2.75) is 6.92 Å². The van der Waals surface area contributed by atoms with E-state index >= 15 is 0 Å². The summed E-state index contributed by atoms with van der Waals surface area (Å²) in [5.41, 5.74) is 1.08. The van der Waals surface area contributed by atoms with Crippen molar-refractivity contribution in [2.75, 3.05) is 39.4 Å². The molecule has 1 N–H and O–H groups in total. The average molecular weight is 424 g/mol. The second-order valence-corrected chi connectivity index (χ2v) is 6.10. The van der Waals surface area contributed by atoms with Gasteiger partial charge in [0.2, 0.25) is 0 Å². The maximum Gasteiger partial charge on any atom is 0.255 e. The van der Waals surface area contributed by atoms with Crippen LogP contribution in [0, 0.1) is 0 Å². The average Bonchev–Trinajstić information content (AvgIpc) is 2.63. The van der Waals surface area contributed by atoms with E-state index in [1.165, 1.54) is 7.11 Å². The molecular weight excluding hydrogens is 402 g/mol. The lowest BCUT2D eigenvalue weighted by molar-refractivity contribution is 0.102. The van der Waals surface area contributed by atoms with Gasteiger partial charge < -0.3 is 24.3 Å². The van der Waals surface area contributed by atoms with Gasteiger partial charge in [-0.3, -0.25) is 4.79 Å². The fraction of sp³-hybridized carbons (Fsp3) is 0.316. The van der Waals surface area contributed by atoms with Gasteiger partial charge in [-0.05, 0) is 47.1 Å². The molecule has 0 aromatic heterocycles. The van der Waals surface area contributed by atoms with Gasteiger partial charge in [-0.1, -0.05) is 6.07 Å². The van der Waals surface area contributed by atoms with Gasteiger partial charge in [-0.15, -0.1) is 0 Å². The summed E-state index contributed by atoms with van der Waals surface area (Å²) in [6, 6.07) is 10.5. The summed E-state index contributed by atoms with van der Waals surface area (Å²) in [5.74, 6) is 1.45. The minimum Gasteiger partial charge on any atom is -0.493 e. The molecule has 2 aromatic rings. The second-order valence-electron chi connectivity index (χ2n) is 5.25. The van der Waals surface area contributed by atoms with E-state index in [1.54, 1.807) is 31.4 Å². The van der Waals surface area contributed by atoms with Gasteiger partial charge >= 0.3 is 0 Å². The zero-order chi connectivity index (χ0) is 18.9. The molecule has 0 saturated heterocycles. The first-order chi connectivity index (χ1) is 12.6. The predicted molar refractivity (Wildman–Crippen MR) is 104 cm³/mol. The number of carbonyl (C=O) groups is 1. The molecule has 26 heavy (non-hydrogen) atoms. The van der Waals surface area contributed by atoms with Gasteiger partial charge in [-0.2, -0.15) is 0 Å². The molecule has 7 heteroatoms. The molecule has 0 aliphatic carbocycles. The summed E-state index contributed by atoms with van der Waals surface area (Å²) >= 11 is 3.42. The molecule has 2 aromatic carbocycles. The van der Waals surface area contributed by atoms with Crippen molar-refractivity contribution in [1.29, 1.82) is 0 Å². The van der Waals surface area contributed by atoms with E-state index < -0.39 is 0 Å². The first-order valence-corrected chi connectivity index (χ1v) is 8.91. The molecule has 0 heterocycles. The van der Waals surface area contributed by atoms with Gasteiger partial charge in [0.15, 0.2) is 11.5 Å². The van der Waals surface area contributed by atoms with Crippen molar-refractivity contribution < 1.29 is 23.7 Å². The Morgan fingerprint density at radius 2 is 1.92 bits per heavy atom. The van der Waals surface area contributed by atoms with Gasteiger partial charge in [0.25, 0.3) is 5.91 Å². The maximum atomic E-state index is 12.6. The molecule has 140 valence electrons. The lowest BCUT2D eigenvalue weighted by Crippen LogP contribution is -2.13.